The van der Waals surface area contributed by atoms with Crippen molar-refractivity contribution in [2.75, 3.05) is 69.7 Å². The van der Waals surface area contributed by atoms with Gasteiger partial charge in [0.05, 0.1) is 68.3 Å². The predicted octanol–water partition coefficient (Wildman–Crippen LogP) is 19.7. The highest BCUT2D eigenvalue weighted by atomic mass is 35.5. The van der Waals surface area contributed by atoms with Gasteiger partial charge in [0.2, 0.25) is 0 Å². The standard InChI is InChI=1S/C20H18ClN5O2S2.C18H17ClN4O2S2.C18H16ClN3O2S.C16H11ClN2O2S.C16H11ClN2OS.C4H8O.C2H8N2O2S/c1-25(2)30(27,28)26-13-23-12-18(26)19-17(11-14-3-5-16(21)6-4-14)24-20(29-19)15-7-9-22-10-8-15;1-23(2)27(24,25)21-12-17-16(11-13-3-5-15(19)6-4-13)22-18(26-17)14-7-9-20-10-8-14;1-22(24-2)18(23)16-15(11-12-3-5-14(19)6-4-12)21-17(25-16)13-7-9-20-10-8-13;17-12-3-1-10(2-4-12)9-13-14(16(20)21)22-15(19-13)11-5-7-18-8-6-11;17-13-3-1-11(2-4-13)9-14-15(10-20)21-16(19-14)12-5-7-18-8-6-12;1-2-4-5-3-1;1-4(2)7(3,5)6/h3-10,12-13H,11H2,1-2H3;3-10,12H,11H2,1-2H3;3-10H,11H2,1-2H3;1-8H,9H2,(H,20,21);1-8,10H,9H2;1-4H2;1-2H3,(H2,3,5,6). The topological polar surface area (TPSA) is 390 Å². The van der Waals surface area contributed by atoms with E-state index in [9.17, 15) is 44.7 Å². The van der Waals surface area contributed by atoms with Crippen LogP contribution in [0.1, 0.15) is 103 Å². The van der Waals surface area contributed by atoms with Crippen molar-refractivity contribution in [2.45, 2.75) is 44.9 Å². The highest BCUT2D eigenvalue weighted by Crippen LogP contribution is 2.39. The summed E-state index contributed by atoms with van der Waals surface area (Å²) in [5.41, 5.74) is 13.8. The smallest absolute Gasteiger partial charge is 0.347 e. The van der Waals surface area contributed by atoms with Gasteiger partial charge in [-0.15, -0.1) is 56.7 Å². The SMILES string of the molecule is C1CCOC1.CN(C)S(=O)(=O)N=Cc1sc(-c2ccncc2)nc1Cc1ccc(Cl)cc1.CN(C)S(=O)(=O)n1cncc1-c1sc(-c2ccncc2)nc1Cc1ccc(Cl)cc1.CN(C)S(N)(=O)=O.CON(C)C(=O)c1sc(-c2ccncc2)nc1Cc1ccc(Cl)cc1.O=C(O)c1sc(-c2ccncc2)nc1Cc1ccc(Cl)cc1.O=Cc1sc(-c2ccncc2)nc1Cc1ccc(Cl)cc1. The van der Waals surface area contributed by atoms with Gasteiger partial charge in [0, 0.05) is 210 Å². The maximum Gasteiger partial charge on any atom is 0.347 e. The summed E-state index contributed by atoms with van der Waals surface area (Å²) in [4.78, 5) is 90.8. The lowest BCUT2D eigenvalue weighted by atomic mass is 10.1. The number of imidazole rings is 1. The largest absolute Gasteiger partial charge is 0.477 e. The normalized spacial score (nSPS) is 11.8. The fourth-order valence-electron chi connectivity index (χ4n) is 11.9. The second kappa shape index (κ2) is 51.3. The first-order chi connectivity index (χ1) is 65.6. The Labute approximate surface area is 838 Å². The zero-order valence-electron chi connectivity index (χ0n) is 74.5. The molecular formula is C94H89Cl5N18O12S8. The van der Waals surface area contributed by atoms with Gasteiger partial charge in [0.15, 0.2) is 6.29 Å². The van der Waals surface area contributed by atoms with E-state index in [4.69, 9.17) is 82.5 Å². The molecule has 3 N–H and O–H groups in total. The molecule has 5 aromatic carbocycles. The number of amides is 1. The number of rotatable bonds is 26. The molecule has 0 radical (unpaired) electrons. The van der Waals surface area contributed by atoms with Crippen molar-refractivity contribution in [2.24, 2.45) is 9.54 Å². The van der Waals surface area contributed by atoms with E-state index >= 15 is 0 Å². The Kier molecular flexibility index (Phi) is 39.7. The number of ether oxygens (including phenoxy) is 1. The van der Waals surface area contributed by atoms with Crippen LogP contribution >= 0.6 is 115 Å². The summed E-state index contributed by atoms with van der Waals surface area (Å²) in [6, 6.07) is 56.1. The summed E-state index contributed by atoms with van der Waals surface area (Å²) < 4.78 is 82.6. The molecule has 1 amide bonds. The van der Waals surface area contributed by atoms with E-state index in [1.54, 1.807) is 87.3 Å². The number of aldehydes is 1. The third-order valence-corrected chi connectivity index (χ3v) is 30.2. The van der Waals surface area contributed by atoms with Crippen molar-refractivity contribution in [3.63, 3.8) is 0 Å². The van der Waals surface area contributed by atoms with Crippen LogP contribution in [0.15, 0.2) is 261 Å². The van der Waals surface area contributed by atoms with E-state index in [1.165, 1.54) is 140 Å². The molecule has 17 rings (SSSR count). The lowest BCUT2D eigenvalue weighted by Gasteiger charge is -2.14. The molecule has 43 heteroatoms. The molecule has 0 saturated carbocycles. The minimum absolute atomic E-state index is 0.218. The van der Waals surface area contributed by atoms with Gasteiger partial charge in [-0.05, 0) is 162 Å². The molecular weight excluding hydrogens is 2010 g/mol. The van der Waals surface area contributed by atoms with Gasteiger partial charge in [-0.1, -0.05) is 119 Å². The number of thiazole rings is 5. The van der Waals surface area contributed by atoms with Crippen LogP contribution in [0.25, 0.3) is 63.4 Å². The van der Waals surface area contributed by atoms with E-state index in [0.29, 0.717) is 93.9 Å². The van der Waals surface area contributed by atoms with Crippen molar-refractivity contribution < 1.29 is 54.3 Å². The average molecular weight is 2100 g/mol. The van der Waals surface area contributed by atoms with Crippen LogP contribution in [-0.2, 0) is 72.3 Å². The molecule has 30 nitrogen and oxygen atoms in total. The molecule has 11 aromatic heterocycles. The first-order valence-electron chi connectivity index (χ1n) is 41.1. The van der Waals surface area contributed by atoms with E-state index in [1.807, 2.05) is 170 Å². The summed E-state index contributed by atoms with van der Waals surface area (Å²) in [6.45, 7) is 2.00. The van der Waals surface area contributed by atoms with E-state index in [0.717, 1.165) is 130 Å². The zero-order valence-corrected chi connectivity index (χ0v) is 84.9. The summed E-state index contributed by atoms with van der Waals surface area (Å²) in [5, 5.41) is 22.4. The number of hydrogen-bond donors (Lipinski definition) is 2. The number of halogens is 5. The number of hydroxylamine groups is 2. The van der Waals surface area contributed by atoms with Crippen LogP contribution in [0.5, 0.6) is 0 Å². The molecule has 0 spiro atoms. The number of nitrogens with two attached hydrogens (primary N) is 1. The number of carbonyl (C=O) groups excluding carboxylic acids is 2. The second-order valence-electron chi connectivity index (χ2n) is 29.7. The monoisotopic (exact) mass is 2090 g/mol. The fraction of sp³-hybridized carbons (Fsp3) is 0.181. The zero-order chi connectivity index (χ0) is 98.4. The number of carbonyl (C=O) groups is 3. The Bertz CT molecular complexity index is 7020. The van der Waals surface area contributed by atoms with Crippen LogP contribution in [0.3, 0.4) is 0 Å². The van der Waals surface area contributed by atoms with Gasteiger partial charge in [0.25, 0.3) is 16.1 Å². The maximum atomic E-state index is 12.8. The van der Waals surface area contributed by atoms with E-state index < -0.39 is 36.6 Å². The second-order valence-corrected chi connectivity index (χ2v) is 42.5. The molecule has 1 fully saturated rings. The first-order valence-corrected chi connectivity index (χ1v) is 51.3. The minimum atomic E-state index is -3.72. The van der Waals surface area contributed by atoms with Crippen LogP contribution < -0.4 is 5.14 Å². The van der Waals surface area contributed by atoms with Crippen LogP contribution in [0.4, 0.5) is 0 Å². The van der Waals surface area contributed by atoms with Crippen LogP contribution in [-0.4, -0.2) is 201 Å². The molecule has 0 aliphatic carbocycles. The number of aromatic nitrogens is 12. The Morgan fingerprint density at radius 3 is 1.06 bits per heavy atom. The Morgan fingerprint density at radius 2 is 0.737 bits per heavy atom. The number of nitrogens with zero attached hydrogens (tertiary/aromatic N) is 17. The number of aromatic carboxylic acids is 1. The summed E-state index contributed by atoms with van der Waals surface area (Å²) in [5.74, 6) is -1.17. The number of hydrogen-bond acceptors (Lipinski definition) is 27. The van der Waals surface area contributed by atoms with Crippen molar-refractivity contribution in [1.29, 1.82) is 0 Å². The van der Waals surface area contributed by atoms with Gasteiger partial charge in [-0.3, -0.25) is 39.3 Å². The molecule has 710 valence electrons. The fourth-order valence-corrected chi connectivity index (χ4v) is 19.0. The number of benzene rings is 5. The molecule has 0 atom stereocenters. The van der Waals surface area contributed by atoms with Crippen LogP contribution in [0, 0.1) is 0 Å². The molecule has 12 heterocycles. The van der Waals surface area contributed by atoms with Crippen LogP contribution in [0.2, 0.25) is 25.1 Å². The molecule has 137 heavy (non-hydrogen) atoms. The molecule has 16 aromatic rings. The highest BCUT2D eigenvalue weighted by Gasteiger charge is 2.28. The van der Waals surface area contributed by atoms with Gasteiger partial charge in [-0.2, -0.15) is 42.6 Å². The quantitative estimate of drug-likeness (QED) is 0.0289. The summed E-state index contributed by atoms with van der Waals surface area (Å²) in [7, 11) is 0.819. The summed E-state index contributed by atoms with van der Waals surface area (Å²) >= 11 is 36.4. The van der Waals surface area contributed by atoms with Gasteiger partial charge in [0.1, 0.15) is 41.1 Å². The maximum absolute atomic E-state index is 12.8. The van der Waals surface area contributed by atoms with E-state index in [-0.39, 0.29) is 10.8 Å². The van der Waals surface area contributed by atoms with Gasteiger partial charge >= 0.3 is 26.4 Å². The molecule has 0 unspecified atom stereocenters. The number of carboxylic acid groups (broad SMARTS) is 1. The highest BCUT2D eigenvalue weighted by molar-refractivity contribution is 7.88. The van der Waals surface area contributed by atoms with Gasteiger partial charge in [-0.25, -0.2) is 48.9 Å². The van der Waals surface area contributed by atoms with Crippen molar-refractivity contribution in [3.8, 4) is 63.4 Å². The number of carboxylic acids is 1. The van der Waals surface area contributed by atoms with Crippen molar-refractivity contribution in [1.82, 2.24) is 76.8 Å². The third-order valence-electron chi connectivity index (χ3n) is 19.3. The first kappa shape index (κ1) is 106. The molecule has 1 saturated heterocycles. The third kappa shape index (κ3) is 31.5. The minimum Gasteiger partial charge on any atom is -0.477 e. The Balaban J connectivity index is 0.000000160. The van der Waals surface area contributed by atoms with Crippen molar-refractivity contribution in [3.05, 3.63) is 357 Å². The number of pyridine rings is 5. The molecule has 1 aliphatic heterocycles. The van der Waals surface area contributed by atoms with Crippen molar-refractivity contribution >= 4 is 170 Å². The lowest BCUT2D eigenvalue weighted by Crippen LogP contribution is -2.29. The molecule has 0 bridgehead atoms. The summed E-state index contributed by atoms with van der Waals surface area (Å²) in [6.07, 6.45) is 27.3. The Morgan fingerprint density at radius 1 is 0.431 bits per heavy atom. The van der Waals surface area contributed by atoms with E-state index in [2.05, 4.69) is 49.4 Å². The molecule has 1 aliphatic rings. The average Bonchev–Trinajstić information content (AvgIpc) is 1.62. The van der Waals surface area contributed by atoms with Gasteiger partial charge < -0.3 is 9.84 Å². The Hall–Kier alpha value is -11.5. The predicted molar refractivity (Wildman–Crippen MR) is 546 cm³/mol. The lowest BCUT2D eigenvalue weighted by molar-refractivity contribution is -0.0754.